The number of pyridine rings is 1. The molecule has 1 saturated carbocycles. The smallest absolute Gasteiger partial charge is 0.233 e. The number of thioether (sulfide) groups is 1. The Bertz CT molecular complexity index is 941. The number of nitrogens with zero attached hydrogens (tertiary/aromatic N) is 4. The van der Waals surface area contributed by atoms with E-state index >= 15 is 0 Å². The Morgan fingerprint density at radius 2 is 2.15 bits per heavy atom. The van der Waals surface area contributed by atoms with Gasteiger partial charge in [0.05, 0.1) is 16.8 Å². The molecule has 10 heteroatoms. The molecule has 0 unspecified atom stereocenters. The monoisotopic (exact) mass is 407 g/mol. The SMILES string of the molecule is C[C@@H](Sc1nnc(-c2cccnc2)n1C1CC1)C(=O)N[C@H]1CCS(=O)(=O)C1. The van der Waals surface area contributed by atoms with Gasteiger partial charge in [0.1, 0.15) is 0 Å². The number of amides is 1. The van der Waals surface area contributed by atoms with Crippen LogP contribution in [0.25, 0.3) is 11.4 Å². The van der Waals surface area contributed by atoms with E-state index < -0.39 is 15.1 Å². The summed E-state index contributed by atoms with van der Waals surface area (Å²) in [6.07, 6.45) is 6.09. The number of carbonyl (C=O) groups excluding carboxylic acids is 1. The van der Waals surface area contributed by atoms with E-state index in [0.29, 0.717) is 17.6 Å². The predicted molar refractivity (Wildman–Crippen MR) is 102 cm³/mol. The molecular weight excluding hydrogens is 386 g/mol. The van der Waals surface area contributed by atoms with E-state index in [1.54, 1.807) is 19.3 Å². The third-order valence-corrected chi connectivity index (χ3v) is 7.55. The van der Waals surface area contributed by atoms with Gasteiger partial charge in [-0.1, -0.05) is 11.8 Å². The van der Waals surface area contributed by atoms with E-state index in [0.717, 1.165) is 24.2 Å². The normalized spacial score (nSPS) is 22.5. The van der Waals surface area contributed by atoms with Crippen LogP contribution in [0.1, 0.15) is 32.2 Å². The van der Waals surface area contributed by atoms with Gasteiger partial charge in [-0.25, -0.2) is 8.42 Å². The number of carbonyl (C=O) groups is 1. The minimum atomic E-state index is -3.02. The van der Waals surface area contributed by atoms with Gasteiger partial charge >= 0.3 is 0 Å². The minimum absolute atomic E-state index is 0.0273. The first-order chi connectivity index (χ1) is 12.9. The zero-order valence-electron chi connectivity index (χ0n) is 14.9. The van der Waals surface area contributed by atoms with Crippen molar-refractivity contribution in [2.75, 3.05) is 11.5 Å². The van der Waals surface area contributed by atoms with Gasteiger partial charge in [-0.2, -0.15) is 0 Å². The lowest BCUT2D eigenvalue weighted by atomic mass is 10.2. The molecule has 2 fully saturated rings. The highest BCUT2D eigenvalue weighted by molar-refractivity contribution is 8.00. The second kappa shape index (κ2) is 7.23. The molecule has 0 spiro atoms. The summed E-state index contributed by atoms with van der Waals surface area (Å²) >= 11 is 1.35. The lowest BCUT2D eigenvalue weighted by molar-refractivity contribution is -0.120. The van der Waals surface area contributed by atoms with Gasteiger partial charge in [0.15, 0.2) is 20.8 Å². The van der Waals surface area contributed by atoms with Crippen LogP contribution in [0.4, 0.5) is 0 Å². The van der Waals surface area contributed by atoms with Gasteiger partial charge < -0.3 is 5.32 Å². The van der Waals surface area contributed by atoms with Crippen LogP contribution in [0.3, 0.4) is 0 Å². The molecule has 0 radical (unpaired) electrons. The molecule has 8 nitrogen and oxygen atoms in total. The van der Waals surface area contributed by atoms with Crippen molar-refractivity contribution in [2.45, 2.75) is 48.7 Å². The van der Waals surface area contributed by atoms with Crippen LogP contribution < -0.4 is 5.32 Å². The van der Waals surface area contributed by atoms with Gasteiger partial charge in [0.2, 0.25) is 5.91 Å². The van der Waals surface area contributed by atoms with Gasteiger partial charge in [-0.15, -0.1) is 10.2 Å². The Kier molecular flexibility index (Phi) is 4.94. The largest absolute Gasteiger partial charge is 0.351 e. The molecule has 1 aliphatic carbocycles. The molecule has 1 saturated heterocycles. The first kappa shape index (κ1) is 18.4. The molecule has 2 atom stereocenters. The summed E-state index contributed by atoms with van der Waals surface area (Å²) in [7, 11) is -3.02. The Balaban J connectivity index is 1.48. The summed E-state index contributed by atoms with van der Waals surface area (Å²) in [6.45, 7) is 1.80. The highest BCUT2D eigenvalue weighted by Crippen LogP contribution is 2.41. The molecule has 3 heterocycles. The van der Waals surface area contributed by atoms with Crippen LogP contribution in [-0.4, -0.2) is 56.9 Å². The topological polar surface area (TPSA) is 107 Å². The van der Waals surface area contributed by atoms with E-state index in [2.05, 4.69) is 25.1 Å². The van der Waals surface area contributed by atoms with Crippen molar-refractivity contribution in [3.8, 4) is 11.4 Å². The van der Waals surface area contributed by atoms with Gasteiger partial charge in [0, 0.05) is 30.0 Å². The van der Waals surface area contributed by atoms with Crippen LogP contribution in [0.15, 0.2) is 29.7 Å². The van der Waals surface area contributed by atoms with Crippen molar-refractivity contribution in [1.82, 2.24) is 25.1 Å². The summed E-state index contributed by atoms with van der Waals surface area (Å²) in [5.74, 6) is 0.765. The standard InChI is InChI=1S/C17H21N5O3S2/c1-11(16(23)19-13-6-8-27(24,25)10-13)26-17-21-20-15(22(17)14-4-5-14)12-3-2-7-18-9-12/h2-3,7,9,11,13-14H,4-6,8,10H2,1H3,(H,19,23)/t11-,13+/m1/s1. The quantitative estimate of drug-likeness (QED) is 0.722. The molecule has 2 aromatic heterocycles. The van der Waals surface area contributed by atoms with Crippen molar-refractivity contribution >= 4 is 27.5 Å². The zero-order valence-corrected chi connectivity index (χ0v) is 16.5. The van der Waals surface area contributed by atoms with Crippen LogP contribution >= 0.6 is 11.8 Å². The number of sulfone groups is 1. The lowest BCUT2D eigenvalue weighted by Crippen LogP contribution is -2.40. The van der Waals surface area contributed by atoms with E-state index in [9.17, 15) is 13.2 Å². The average Bonchev–Trinajstić information content (AvgIpc) is 3.31. The first-order valence-corrected chi connectivity index (χ1v) is 11.7. The third kappa shape index (κ3) is 4.16. The van der Waals surface area contributed by atoms with Crippen molar-refractivity contribution in [3.05, 3.63) is 24.5 Å². The minimum Gasteiger partial charge on any atom is -0.351 e. The van der Waals surface area contributed by atoms with E-state index in [1.165, 1.54) is 11.8 Å². The summed E-state index contributed by atoms with van der Waals surface area (Å²) in [5, 5.41) is 11.8. The Hall–Kier alpha value is -1.94. The Labute approximate surface area is 162 Å². The number of hydrogen-bond acceptors (Lipinski definition) is 7. The maximum absolute atomic E-state index is 12.5. The fraction of sp³-hybridized carbons (Fsp3) is 0.529. The van der Waals surface area contributed by atoms with E-state index in [-0.39, 0.29) is 23.5 Å². The molecule has 4 rings (SSSR count). The number of rotatable bonds is 6. The van der Waals surface area contributed by atoms with Gasteiger partial charge in [-0.3, -0.25) is 14.3 Å². The highest BCUT2D eigenvalue weighted by Gasteiger charge is 2.33. The fourth-order valence-electron chi connectivity index (χ4n) is 3.15. The maximum Gasteiger partial charge on any atom is 0.233 e. The number of hydrogen-bond donors (Lipinski definition) is 1. The molecule has 144 valence electrons. The molecule has 0 aromatic carbocycles. The van der Waals surface area contributed by atoms with Crippen molar-refractivity contribution in [1.29, 1.82) is 0 Å². The molecule has 27 heavy (non-hydrogen) atoms. The average molecular weight is 408 g/mol. The summed E-state index contributed by atoms with van der Waals surface area (Å²) in [4.78, 5) is 16.6. The van der Waals surface area contributed by atoms with Crippen molar-refractivity contribution in [3.63, 3.8) is 0 Å². The third-order valence-electron chi connectivity index (χ3n) is 4.73. The molecule has 2 aromatic rings. The number of nitrogens with one attached hydrogen (secondary N) is 1. The first-order valence-electron chi connectivity index (χ1n) is 8.96. The summed E-state index contributed by atoms with van der Waals surface area (Å²) in [6, 6.07) is 3.87. The van der Waals surface area contributed by atoms with Crippen LogP contribution in [0, 0.1) is 0 Å². The predicted octanol–water partition coefficient (Wildman–Crippen LogP) is 1.46. The number of aromatic nitrogens is 4. The fourth-order valence-corrected chi connectivity index (χ4v) is 5.75. The van der Waals surface area contributed by atoms with E-state index in [4.69, 9.17) is 0 Å². The van der Waals surface area contributed by atoms with E-state index in [1.807, 2.05) is 12.1 Å². The lowest BCUT2D eigenvalue weighted by Gasteiger charge is -2.16. The van der Waals surface area contributed by atoms with Crippen LogP contribution in [0.5, 0.6) is 0 Å². The Morgan fingerprint density at radius 1 is 1.33 bits per heavy atom. The van der Waals surface area contributed by atoms with Crippen LogP contribution in [-0.2, 0) is 14.6 Å². The molecule has 0 bridgehead atoms. The second-order valence-electron chi connectivity index (χ2n) is 7.02. The molecule has 1 aliphatic heterocycles. The zero-order chi connectivity index (χ0) is 19.0. The summed E-state index contributed by atoms with van der Waals surface area (Å²) in [5.41, 5.74) is 0.900. The van der Waals surface area contributed by atoms with Crippen LogP contribution in [0.2, 0.25) is 0 Å². The van der Waals surface area contributed by atoms with Gasteiger partial charge in [0.25, 0.3) is 0 Å². The molecule has 2 aliphatic rings. The van der Waals surface area contributed by atoms with Crippen molar-refractivity contribution in [2.24, 2.45) is 0 Å². The van der Waals surface area contributed by atoms with Gasteiger partial charge in [-0.05, 0) is 38.3 Å². The molecular formula is C17H21N5O3S2. The van der Waals surface area contributed by atoms with Crippen molar-refractivity contribution < 1.29 is 13.2 Å². The second-order valence-corrected chi connectivity index (χ2v) is 10.6. The molecule has 1 N–H and O–H groups in total. The highest BCUT2D eigenvalue weighted by atomic mass is 32.2. The Morgan fingerprint density at radius 3 is 2.78 bits per heavy atom. The summed E-state index contributed by atoms with van der Waals surface area (Å²) < 4.78 is 25.2. The maximum atomic E-state index is 12.5. The molecule has 1 amide bonds.